The number of carbonyl (C=O) groups is 1. The molecular weight excluding hydrogens is 228 g/mol. The Labute approximate surface area is 108 Å². The molecular formula is C14H20N2O2. The SMILES string of the molecule is CCc1cc(C(C)=N)ccc1CNCCC(=O)O. The summed E-state index contributed by atoms with van der Waals surface area (Å²) in [6, 6.07) is 5.99. The molecule has 0 saturated heterocycles. The highest BCUT2D eigenvalue weighted by Gasteiger charge is 2.04. The third kappa shape index (κ3) is 4.30. The molecule has 0 amide bonds. The second-order valence-corrected chi connectivity index (χ2v) is 4.28. The summed E-state index contributed by atoms with van der Waals surface area (Å²) in [5, 5.41) is 19.3. The van der Waals surface area contributed by atoms with Crippen LogP contribution in [0.3, 0.4) is 0 Å². The monoisotopic (exact) mass is 248 g/mol. The lowest BCUT2D eigenvalue weighted by Crippen LogP contribution is -2.18. The molecule has 3 N–H and O–H groups in total. The van der Waals surface area contributed by atoms with Gasteiger partial charge in [0.2, 0.25) is 0 Å². The third-order valence-corrected chi connectivity index (χ3v) is 2.85. The van der Waals surface area contributed by atoms with Crippen molar-refractivity contribution in [1.29, 1.82) is 5.41 Å². The quantitative estimate of drug-likeness (QED) is 0.511. The molecule has 0 aliphatic rings. The van der Waals surface area contributed by atoms with Crippen molar-refractivity contribution in [1.82, 2.24) is 5.32 Å². The molecule has 4 heteroatoms. The average Bonchev–Trinajstić information content (AvgIpc) is 2.34. The molecule has 1 aromatic rings. The van der Waals surface area contributed by atoms with Crippen LogP contribution in [-0.4, -0.2) is 23.3 Å². The normalized spacial score (nSPS) is 10.3. The smallest absolute Gasteiger partial charge is 0.304 e. The predicted molar refractivity (Wildman–Crippen MR) is 72.3 cm³/mol. The van der Waals surface area contributed by atoms with E-state index in [9.17, 15) is 4.79 Å². The van der Waals surface area contributed by atoms with Crippen LogP contribution in [0.5, 0.6) is 0 Å². The standard InChI is InChI=1S/C14H20N2O2/c1-3-11-8-12(10(2)15)4-5-13(11)9-16-7-6-14(17)18/h4-5,8,15-16H,3,6-7,9H2,1-2H3,(H,17,18). The van der Waals surface area contributed by atoms with E-state index in [2.05, 4.69) is 12.2 Å². The number of hydrogen-bond donors (Lipinski definition) is 3. The molecule has 1 aromatic carbocycles. The van der Waals surface area contributed by atoms with Gasteiger partial charge in [0.05, 0.1) is 6.42 Å². The Morgan fingerprint density at radius 3 is 2.67 bits per heavy atom. The molecule has 0 aliphatic heterocycles. The van der Waals surface area contributed by atoms with E-state index in [1.807, 2.05) is 18.2 Å². The van der Waals surface area contributed by atoms with Crippen LogP contribution in [0.2, 0.25) is 0 Å². The number of carboxylic acid groups (broad SMARTS) is 1. The summed E-state index contributed by atoms with van der Waals surface area (Å²) >= 11 is 0. The molecule has 98 valence electrons. The highest BCUT2D eigenvalue weighted by Crippen LogP contribution is 2.13. The van der Waals surface area contributed by atoms with Crippen molar-refractivity contribution in [3.8, 4) is 0 Å². The molecule has 0 heterocycles. The van der Waals surface area contributed by atoms with Crippen LogP contribution < -0.4 is 5.32 Å². The Hall–Kier alpha value is -1.68. The van der Waals surface area contributed by atoms with E-state index in [1.54, 1.807) is 6.92 Å². The van der Waals surface area contributed by atoms with E-state index in [4.69, 9.17) is 10.5 Å². The number of hydrogen-bond acceptors (Lipinski definition) is 3. The lowest BCUT2D eigenvalue weighted by atomic mass is 10.00. The first-order valence-electron chi connectivity index (χ1n) is 6.14. The lowest BCUT2D eigenvalue weighted by Gasteiger charge is -2.10. The molecule has 4 nitrogen and oxygen atoms in total. The van der Waals surface area contributed by atoms with Gasteiger partial charge in [0.25, 0.3) is 0 Å². The Bertz CT molecular complexity index is 441. The molecule has 0 aromatic heterocycles. The van der Waals surface area contributed by atoms with Crippen molar-refractivity contribution in [2.45, 2.75) is 33.2 Å². The van der Waals surface area contributed by atoms with Gasteiger partial charge in [0, 0.05) is 18.8 Å². The largest absolute Gasteiger partial charge is 0.481 e. The maximum absolute atomic E-state index is 10.4. The number of benzene rings is 1. The summed E-state index contributed by atoms with van der Waals surface area (Å²) < 4.78 is 0. The zero-order chi connectivity index (χ0) is 13.5. The topological polar surface area (TPSA) is 73.2 Å². The second-order valence-electron chi connectivity index (χ2n) is 4.28. The van der Waals surface area contributed by atoms with E-state index < -0.39 is 5.97 Å². The predicted octanol–water partition coefficient (Wildman–Crippen LogP) is 2.20. The number of aliphatic carboxylic acids is 1. The van der Waals surface area contributed by atoms with Gasteiger partial charge in [-0.05, 0) is 36.1 Å². The van der Waals surface area contributed by atoms with Crippen molar-refractivity contribution in [3.05, 3.63) is 34.9 Å². The van der Waals surface area contributed by atoms with Crippen LogP contribution in [0.15, 0.2) is 18.2 Å². The van der Waals surface area contributed by atoms with Gasteiger partial charge in [0.1, 0.15) is 0 Å². The van der Waals surface area contributed by atoms with Gasteiger partial charge in [-0.2, -0.15) is 0 Å². The van der Waals surface area contributed by atoms with E-state index >= 15 is 0 Å². The minimum atomic E-state index is -0.784. The minimum absolute atomic E-state index is 0.138. The molecule has 0 saturated carbocycles. The first-order chi connectivity index (χ1) is 8.54. The number of carboxylic acids is 1. The Morgan fingerprint density at radius 2 is 2.11 bits per heavy atom. The van der Waals surface area contributed by atoms with Crippen molar-refractivity contribution in [3.63, 3.8) is 0 Å². The maximum Gasteiger partial charge on any atom is 0.304 e. The molecule has 1 rings (SSSR count). The molecule has 18 heavy (non-hydrogen) atoms. The van der Waals surface area contributed by atoms with E-state index in [0.29, 0.717) is 18.8 Å². The van der Waals surface area contributed by atoms with E-state index in [-0.39, 0.29) is 6.42 Å². The summed E-state index contributed by atoms with van der Waals surface area (Å²) in [6.45, 7) is 5.01. The molecule has 0 bridgehead atoms. The highest BCUT2D eigenvalue weighted by atomic mass is 16.4. The molecule has 0 atom stereocenters. The van der Waals surface area contributed by atoms with E-state index in [0.717, 1.165) is 12.0 Å². The van der Waals surface area contributed by atoms with Gasteiger partial charge in [0.15, 0.2) is 0 Å². The molecule has 0 aliphatic carbocycles. The zero-order valence-electron chi connectivity index (χ0n) is 10.9. The highest BCUT2D eigenvalue weighted by molar-refractivity contribution is 5.96. The Kier molecular flexibility index (Phi) is 5.52. The van der Waals surface area contributed by atoms with Gasteiger partial charge in [-0.25, -0.2) is 0 Å². The molecule has 0 radical (unpaired) electrons. The van der Waals surface area contributed by atoms with Gasteiger partial charge >= 0.3 is 5.97 Å². The van der Waals surface area contributed by atoms with Crippen LogP contribution in [-0.2, 0) is 17.8 Å². The average molecular weight is 248 g/mol. The summed E-state index contributed by atoms with van der Waals surface area (Å²) in [5.41, 5.74) is 3.89. The molecule has 0 fully saturated rings. The summed E-state index contributed by atoms with van der Waals surface area (Å²) in [6.07, 6.45) is 1.05. The first kappa shape index (κ1) is 14.4. The number of nitrogens with one attached hydrogen (secondary N) is 2. The molecule has 0 unspecified atom stereocenters. The Balaban J connectivity index is 2.65. The van der Waals surface area contributed by atoms with Crippen LogP contribution in [0.4, 0.5) is 0 Å². The van der Waals surface area contributed by atoms with Crippen molar-refractivity contribution >= 4 is 11.7 Å². The third-order valence-electron chi connectivity index (χ3n) is 2.85. The summed E-state index contributed by atoms with van der Waals surface area (Å²) in [5.74, 6) is -0.784. The van der Waals surface area contributed by atoms with Crippen LogP contribution in [0.25, 0.3) is 0 Å². The van der Waals surface area contributed by atoms with Crippen LogP contribution in [0.1, 0.15) is 37.0 Å². The van der Waals surface area contributed by atoms with Crippen molar-refractivity contribution < 1.29 is 9.90 Å². The number of aryl methyl sites for hydroxylation is 1. The van der Waals surface area contributed by atoms with Gasteiger partial charge in [-0.3, -0.25) is 4.79 Å². The fourth-order valence-electron chi connectivity index (χ4n) is 1.78. The molecule has 0 spiro atoms. The first-order valence-corrected chi connectivity index (χ1v) is 6.14. The van der Waals surface area contributed by atoms with Gasteiger partial charge in [-0.1, -0.05) is 19.1 Å². The fourth-order valence-corrected chi connectivity index (χ4v) is 1.78. The summed E-state index contributed by atoms with van der Waals surface area (Å²) in [4.78, 5) is 10.4. The summed E-state index contributed by atoms with van der Waals surface area (Å²) in [7, 11) is 0. The van der Waals surface area contributed by atoms with Gasteiger partial charge in [-0.15, -0.1) is 0 Å². The maximum atomic E-state index is 10.4. The van der Waals surface area contributed by atoms with Crippen molar-refractivity contribution in [2.24, 2.45) is 0 Å². The lowest BCUT2D eigenvalue weighted by molar-refractivity contribution is -0.136. The minimum Gasteiger partial charge on any atom is -0.481 e. The Morgan fingerprint density at radius 1 is 1.39 bits per heavy atom. The zero-order valence-corrected chi connectivity index (χ0v) is 10.9. The van der Waals surface area contributed by atoms with Gasteiger partial charge < -0.3 is 15.8 Å². The fraction of sp³-hybridized carbons (Fsp3) is 0.429. The second kappa shape index (κ2) is 6.91. The van der Waals surface area contributed by atoms with Crippen molar-refractivity contribution in [2.75, 3.05) is 6.54 Å². The van der Waals surface area contributed by atoms with Crippen LogP contribution >= 0.6 is 0 Å². The number of rotatable bonds is 7. The van der Waals surface area contributed by atoms with E-state index in [1.165, 1.54) is 11.1 Å². The van der Waals surface area contributed by atoms with Crippen LogP contribution in [0, 0.1) is 5.41 Å².